The number of amidine groups is 1. The first kappa shape index (κ1) is 17.7. The van der Waals surface area contributed by atoms with Gasteiger partial charge in [-0.15, -0.1) is 5.10 Å². The Balaban J connectivity index is 2.13. The SMILES string of the molecule is CC(C)(C)N=C1Nc2cc(Cl)ccc2C(c2nnnn2C(C)(C)C)O1. The fraction of sp³-hybridized carbons (Fsp3) is 0.529. The summed E-state index contributed by atoms with van der Waals surface area (Å²) < 4.78 is 7.92. The van der Waals surface area contributed by atoms with Crippen molar-refractivity contribution in [3.63, 3.8) is 0 Å². The second-order valence-electron chi connectivity index (χ2n) is 8.06. The number of aromatic nitrogens is 4. The summed E-state index contributed by atoms with van der Waals surface area (Å²) in [6, 6.07) is 6.03. The highest BCUT2D eigenvalue weighted by molar-refractivity contribution is 6.31. The van der Waals surface area contributed by atoms with E-state index in [1.807, 2.05) is 59.7 Å². The van der Waals surface area contributed by atoms with Gasteiger partial charge < -0.3 is 10.1 Å². The van der Waals surface area contributed by atoms with Gasteiger partial charge in [0.15, 0.2) is 11.9 Å². The van der Waals surface area contributed by atoms with E-state index >= 15 is 0 Å². The third-order valence-corrected chi connectivity index (χ3v) is 3.80. The first-order valence-electron chi connectivity index (χ1n) is 8.16. The first-order chi connectivity index (χ1) is 11.5. The molecule has 0 fully saturated rings. The molecule has 1 aliphatic rings. The van der Waals surface area contributed by atoms with Crippen LogP contribution in [-0.4, -0.2) is 31.8 Å². The van der Waals surface area contributed by atoms with Crippen LogP contribution in [0.1, 0.15) is 59.0 Å². The summed E-state index contributed by atoms with van der Waals surface area (Å²) in [6.07, 6.45) is -0.469. The van der Waals surface area contributed by atoms with Gasteiger partial charge in [0.25, 0.3) is 6.02 Å². The maximum atomic E-state index is 6.17. The van der Waals surface area contributed by atoms with Gasteiger partial charge in [-0.3, -0.25) is 0 Å². The maximum Gasteiger partial charge on any atom is 0.290 e. The Hall–Kier alpha value is -2.15. The monoisotopic (exact) mass is 362 g/mol. The third kappa shape index (κ3) is 3.76. The Morgan fingerprint density at radius 3 is 2.56 bits per heavy atom. The molecule has 1 unspecified atom stereocenters. The Labute approximate surface area is 152 Å². The molecule has 134 valence electrons. The number of aliphatic imine (C=N–C) groups is 1. The van der Waals surface area contributed by atoms with Gasteiger partial charge in [0.1, 0.15) is 0 Å². The van der Waals surface area contributed by atoms with E-state index in [1.54, 1.807) is 4.68 Å². The highest BCUT2D eigenvalue weighted by atomic mass is 35.5. The zero-order valence-electron chi connectivity index (χ0n) is 15.3. The van der Waals surface area contributed by atoms with Crippen LogP contribution in [0, 0.1) is 0 Å². The molecule has 1 atom stereocenters. The molecule has 0 spiro atoms. The number of fused-ring (bicyclic) bond motifs is 1. The van der Waals surface area contributed by atoms with Crippen LogP contribution in [0.15, 0.2) is 23.2 Å². The summed E-state index contributed by atoms with van der Waals surface area (Å²) in [7, 11) is 0. The van der Waals surface area contributed by atoms with E-state index in [0.717, 1.165) is 11.3 Å². The molecule has 0 bridgehead atoms. The fourth-order valence-electron chi connectivity index (χ4n) is 2.57. The fourth-order valence-corrected chi connectivity index (χ4v) is 2.74. The standard InChI is InChI=1S/C17H23ClN6O/c1-16(2,3)20-15-19-12-9-10(18)7-8-11(12)13(25-15)14-21-22-23-24(14)17(4,5)6/h7-9,13H,1-6H3,(H,19,20). The number of tetrazole rings is 1. The van der Waals surface area contributed by atoms with Crippen LogP contribution in [0.5, 0.6) is 0 Å². The summed E-state index contributed by atoms with van der Waals surface area (Å²) in [4.78, 5) is 4.61. The van der Waals surface area contributed by atoms with E-state index in [2.05, 4.69) is 25.8 Å². The predicted octanol–water partition coefficient (Wildman–Crippen LogP) is 3.77. The minimum atomic E-state index is -0.469. The molecule has 2 heterocycles. The van der Waals surface area contributed by atoms with Crippen molar-refractivity contribution in [2.45, 2.75) is 58.7 Å². The molecule has 1 aromatic carbocycles. The topological polar surface area (TPSA) is 77.2 Å². The summed E-state index contributed by atoms with van der Waals surface area (Å²) in [5.74, 6) is 0.624. The summed E-state index contributed by atoms with van der Waals surface area (Å²) in [6.45, 7) is 12.1. The number of benzene rings is 1. The van der Waals surface area contributed by atoms with Crippen molar-refractivity contribution in [3.05, 3.63) is 34.6 Å². The number of hydrogen-bond donors (Lipinski definition) is 1. The molecule has 25 heavy (non-hydrogen) atoms. The highest BCUT2D eigenvalue weighted by Gasteiger charge is 2.34. The largest absolute Gasteiger partial charge is 0.448 e. The van der Waals surface area contributed by atoms with Crippen molar-refractivity contribution >= 4 is 23.3 Å². The van der Waals surface area contributed by atoms with E-state index in [0.29, 0.717) is 16.9 Å². The lowest BCUT2D eigenvalue weighted by Crippen LogP contribution is -2.33. The molecular formula is C17H23ClN6O. The summed E-state index contributed by atoms with van der Waals surface area (Å²) >= 11 is 6.17. The quantitative estimate of drug-likeness (QED) is 0.835. The lowest BCUT2D eigenvalue weighted by atomic mass is 10.0. The summed E-state index contributed by atoms with van der Waals surface area (Å²) in [5.41, 5.74) is 1.19. The first-order valence-corrected chi connectivity index (χ1v) is 8.54. The average Bonchev–Trinajstić information content (AvgIpc) is 2.93. The second-order valence-corrected chi connectivity index (χ2v) is 8.50. The van der Waals surface area contributed by atoms with Crippen molar-refractivity contribution in [1.29, 1.82) is 0 Å². The second kappa shape index (κ2) is 5.98. The minimum absolute atomic E-state index is 0.277. The summed E-state index contributed by atoms with van der Waals surface area (Å²) in [5, 5.41) is 16.1. The number of rotatable bonds is 1. The maximum absolute atomic E-state index is 6.17. The van der Waals surface area contributed by atoms with Crippen LogP contribution in [0.3, 0.4) is 0 Å². The van der Waals surface area contributed by atoms with Gasteiger partial charge in [-0.25, -0.2) is 9.67 Å². The van der Waals surface area contributed by atoms with Gasteiger partial charge in [-0.1, -0.05) is 17.7 Å². The molecule has 0 saturated carbocycles. The Morgan fingerprint density at radius 1 is 1.20 bits per heavy atom. The number of anilines is 1. The lowest BCUT2D eigenvalue weighted by Gasteiger charge is -2.31. The van der Waals surface area contributed by atoms with Crippen LogP contribution in [0.2, 0.25) is 5.02 Å². The number of nitrogens with zero attached hydrogens (tertiary/aromatic N) is 5. The normalized spacial score (nSPS) is 19.3. The number of nitrogens with one attached hydrogen (secondary N) is 1. The zero-order valence-corrected chi connectivity index (χ0v) is 16.1. The van der Waals surface area contributed by atoms with Crippen molar-refractivity contribution in [2.24, 2.45) is 4.99 Å². The van der Waals surface area contributed by atoms with Gasteiger partial charge >= 0.3 is 0 Å². The zero-order chi connectivity index (χ0) is 18.4. The molecule has 1 N–H and O–H groups in total. The van der Waals surface area contributed by atoms with E-state index in [1.165, 1.54) is 0 Å². The molecule has 3 rings (SSSR count). The minimum Gasteiger partial charge on any atom is -0.448 e. The molecule has 7 nitrogen and oxygen atoms in total. The molecule has 0 aliphatic carbocycles. The van der Waals surface area contributed by atoms with Crippen LogP contribution in [0.4, 0.5) is 5.69 Å². The lowest BCUT2D eigenvalue weighted by molar-refractivity contribution is 0.193. The average molecular weight is 363 g/mol. The smallest absolute Gasteiger partial charge is 0.290 e. The molecule has 0 amide bonds. The molecule has 1 aliphatic heterocycles. The third-order valence-electron chi connectivity index (χ3n) is 3.57. The van der Waals surface area contributed by atoms with Crippen LogP contribution in [-0.2, 0) is 10.3 Å². The van der Waals surface area contributed by atoms with E-state index in [-0.39, 0.29) is 11.1 Å². The predicted molar refractivity (Wildman–Crippen MR) is 98.0 cm³/mol. The van der Waals surface area contributed by atoms with Crippen molar-refractivity contribution in [1.82, 2.24) is 20.2 Å². The Morgan fingerprint density at radius 2 is 1.92 bits per heavy atom. The number of halogens is 1. The Bertz CT molecular complexity index is 815. The molecule has 0 saturated heterocycles. The van der Waals surface area contributed by atoms with Crippen molar-refractivity contribution < 1.29 is 4.74 Å². The molecule has 0 radical (unpaired) electrons. The van der Waals surface area contributed by atoms with Gasteiger partial charge in [0.05, 0.1) is 16.8 Å². The molecule has 8 heteroatoms. The van der Waals surface area contributed by atoms with E-state index in [4.69, 9.17) is 16.3 Å². The van der Waals surface area contributed by atoms with Crippen LogP contribution in [0.25, 0.3) is 0 Å². The Kier molecular flexibility index (Phi) is 4.23. The van der Waals surface area contributed by atoms with Gasteiger partial charge in [-0.05, 0) is 64.1 Å². The van der Waals surface area contributed by atoms with Gasteiger partial charge in [0, 0.05) is 10.6 Å². The van der Waals surface area contributed by atoms with Crippen LogP contribution < -0.4 is 5.32 Å². The van der Waals surface area contributed by atoms with Crippen molar-refractivity contribution in [2.75, 3.05) is 5.32 Å². The van der Waals surface area contributed by atoms with Gasteiger partial charge in [-0.2, -0.15) is 0 Å². The van der Waals surface area contributed by atoms with Gasteiger partial charge in [0.2, 0.25) is 0 Å². The number of hydrogen-bond acceptors (Lipinski definition) is 5. The molecule has 1 aromatic heterocycles. The highest BCUT2D eigenvalue weighted by Crippen LogP contribution is 2.37. The van der Waals surface area contributed by atoms with Crippen LogP contribution >= 0.6 is 11.6 Å². The van der Waals surface area contributed by atoms with Crippen molar-refractivity contribution in [3.8, 4) is 0 Å². The molecule has 2 aromatic rings. The van der Waals surface area contributed by atoms with E-state index in [9.17, 15) is 0 Å². The van der Waals surface area contributed by atoms with E-state index < -0.39 is 6.10 Å². The molecular weight excluding hydrogens is 340 g/mol. The number of ether oxygens (including phenoxy) is 1.